The Kier molecular flexibility index (Phi) is 3.71. The normalized spacial score (nSPS) is 45.2. The van der Waals surface area contributed by atoms with Crippen molar-refractivity contribution in [2.45, 2.75) is 27.5 Å². The number of aromatic amines is 1. The molecule has 0 amide bonds. The minimum Gasteiger partial charge on any atom is -0.394 e. The Morgan fingerprint density at radius 1 is 1.35 bits per heavy atom. The number of halogens is 2. The van der Waals surface area contributed by atoms with E-state index >= 15 is 0 Å². The smallest absolute Gasteiger partial charge is 0.209 e. The minimum absolute atomic E-state index is 0.187. The predicted octanol–water partition coefficient (Wildman–Crippen LogP) is 0.0759. The van der Waals surface area contributed by atoms with E-state index in [0.717, 1.165) is 0 Å². The van der Waals surface area contributed by atoms with Crippen LogP contribution in [0.15, 0.2) is 30.3 Å². The second-order valence-corrected chi connectivity index (χ2v) is 7.09. The van der Waals surface area contributed by atoms with Gasteiger partial charge in [0.1, 0.15) is 6.10 Å². The Morgan fingerprint density at radius 2 is 2.00 bits per heavy atom. The lowest BCUT2D eigenvalue weighted by molar-refractivity contribution is -0.351. The number of nitrogens with one attached hydrogen (secondary N) is 1. The zero-order chi connectivity index (χ0) is 18.0. The molecular formula is C14H15BrClNO6. The zero-order valence-corrected chi connectivity index (χ0v) is 13.9. The first-order valence-corrected chi connectivity index (χ1v) is 7.80. The summed E-state index contributed by atoms with van der Waals surface area (Å²) in [6.45, 7) is -0.924. The van der Waals surface area contributed by atoms with E-state index in [9.17, 15) is 25.5 Å². The summed E-state index contributed by atoms with van der Waals surface area (Å²) >= 11 is 8.70. The van der Waals surface area contributed by atoms with Crippen LogP contribution in [0.2, 0.25) is 0 Å². The van der Waals surface area contributed by atoms with Crippen LogP contribution in [0.1, 0.15) is 7.06 Å². The van der Waals surface area contributed by atoms with Crippen LogP contribution in [0.4, 0.5) is 0 Å². The molecule has 3 rings (SSSR count). The third-order valence-corrected chi connectivity index (χ3v) is 5.47. The molecule has 7 nitrogen and oxygen atoms in total. The van der Waals surface area contributed by atoms with Gasteiger partial charge in [-0.05, 0) is 33.4 Å². The molecule has 0 bridgehead atoms. The van der Waals surface area contributed by atoms with Crippen molar-refractivity contribution in [2.24, 2.45) is 0 Å². The maximum atomic E-state index is 11.2. The number of hydrogen-bond donors (Lipinski definition) is 6. The van der Waals surface area contributed by atoms with Crippen LogP contribution >= 0.6 is 27.5 Å². The van der Waals surface area contributed by atoms with Gasteiger partial charge in [0, 0.05) is 5.52 Å². The molecule has 2 heterocycles. The molecule has 126 valence electrons. The molecule has 0 unspecified atom stereocenters. The van der Waals surface area contributed by atoms with E-state index in [-0.39, 0.29) is 5.69 Å². The summed E-state index contributed by atoms with van der Waals surface area (Å²) in [7, 11) is 0. The Balaban J connectivity index is 2.29. The topological polar surface area (TPSA) is 126 Å². The Labute approximate surface area is 145 Å². The lowest BCUT2D eigenvalue weighted by Crippen LogP contribution is -2.74. The van der Waals surface area contributed by atoms with E-state index in [1.165, 1.54) is 6.07 Å². The molecule has 0 aliphatic carbocycles. The molecule has 1 aromatic carbocycles. The molecule has 9 heteroatoms. The molecule has 23 heavy (non-hydrogen) atoms. The highest BCUT2D eigenvalue weighted by atomic mass is 79.9. The lowest BCUT2D eigenvalue weighted by atomic mass is 9.80. The summed E-state index contributed by atoms with van der Waals surface area (Å²) in [5.41, 5.74) is -2.48. The van der Waals surface area contributed by atoms with Crippen LogP contribution in [0.3, 0.4) is 0 Å². The summed E-state index contributed by atoms with van der Waals surface area (Å²) in [4.78, 5) is 2.78. The summed E-state index contributed by atoms with van der Waals surface area (Å²) in [5, 5.41) is 49.7. The molecule has 5 atom stereocenters. The van der Waals surface area contributed by atoms with Gasteiger partial charge in [0.15, 0.2) is 11.9 Å². The van der Waals surface area contributed by atoms with Crippen LogP contribution in [0.5, 0.6) is 0 Å². The highest BCUT2D eigenvalue weighted by Crippen LogP contribution is 2.54. The van der Waals surface area contributed by atoms with E-state index in [4.69, 9.17) is 17.7 Å². The second kappa shape index (κ2) is 5.40. The molecule has 1 aliphatic heterocycles. The van der Waals surface area contributed by atoms with Crippen molar-refractivity contribution in [2.75, 3.05) is 6.61 Å². The number of aliphatic hydroxyl groups excluding tert-OH is 1. The molecule has 1 fully saturated rings. The SMILES string of the molecule is [2H][C@]1(O)O[C@H](CO)[C@](O)(Cl)[C@@](O)(c2cc3ccccc3[nH]2)[C@]1(O)Br. The van der Waals surface area contributed by atoms with E-state index in [1.54, 1.807) is 24.3 Å². The quantitative estimate of drug-likeness (QED) is 0.390. The number of aromatic nitrogens is 1. The summed E-state index contributed by atoms with van der Waals surface area (Å²) in [6.07, 6.45) is -4.90. The molecule has 0 spiro atoms. The lowest BCUT2D eigenvalue weighted by Gasteiger charge is -2.54. The van der Waals surface area contributed by atoms with Gasteiger partial charge >= 0.3 is 0 Å². The molecule has 1 aromatic heterocycles. The van der Waals surface area contributed by atoms with Crippen molar-refractivity contribution < 1.29 is 31.6 Å². The van der Waals surface area contributed by atoms with Crippen molar-refractivity contribution in [1.29, 1.82) is 0 Å². The number of hydrogen-bond acceptors (Lipinski definition) is 6. The highest BCUT2D eigenvalue weighted by molar-refractivity contribution is 9.10. The summed E-state index contributed by atoms with van der Waals surface area (Å²) in [5.74, 6) is 0. The first-order chi connectivity index (χ1) is 11.0. The Bertz CT molecular complexity index is 748. The second-order valence-electron chi connectivity index (χ2n) is 5.37. The maximum absolute atomic E-state index is 11.2. The highest BCUT2D eigenvalue weighted by Gasteiger charge is 2.72. The number of H-pyrrole nitrogens is 1. The van der Waals surface area contributed by atoms with E-state index in [2.05, 4.69) is 20.9 Å². The average molecular weight is 410 g/mol. The number of fused-ring (bicyclic) bond motifs is 1. The van der Waals surface area contributed by atoms with Gasteiger partial charge in [0.05, 0.1) is 13.7 Å². The summed E-state index contributed by atoms with van der Waals surface area (Å²) in [6, 6.07) is 8.23. The van der Waals surface area contributed by atoms with Crippen molar-refractivity contribution in [3.05, 3.63) is 36.0 Å². The van der Waals surface area contributed by atoms with Gasteiger partial charge in [-0.15, -0.1) is 0 Å². The van der Waals surface area contributed by atoms with E-state index < -0.39 is 34.1 Å². The molecule has 0 saturated carbocycles. The van der Waals surface area contributed by atoms with Crippen LogP contribution in [-0.2, 0) is 10.3 Å². The first-order valence-electron chi connectivity index (χ1n) is 7.13. The van der Waals surface area contributed by atoms with Gasteiger partial charge in [0.2, 0.25) is 9.57 Å². The molecule has 0 radical (unpaired) electrons. The van der Waals surface area contributed by atoms with Gasteiger partial charge in [-0.3, -0.25) is 0 Å². The molecule has 6 N–H and O–H groups in total. The van der Waals surface area contributed by atoms with Crippen LogP contribution in [-0.4, -0.2) is 59.1 Å². The third kappa shape index (κ3) is 2.18. The largest absolute Gasteiger partial charge is 0.394 e. The fourth-order valence-corrected chi connectivity index (χ4v) is 3.78. The number of benzene rings is 1. The zero-order valence-electron chi connectivity index (χ0n) is 12.6. The van der Waals surface area contributed by atoms with E-state index in [1.807, 2.05) is 0 Å². The molecule has 1 saturated heterocycles. The van der Waals surface area contributed by atoms with Crippen LogP contribution < -0.4 is 0 Å². The number of ether oxygens (including phenoxy) is 1. The van der Waals surface area contributed by atoms with Crippen molar-refractivity contribution >= 4 is 38.4 Å². The van der Waals surface area contributed by atoms with Crippen molar-refractivity contribution in [3.8, 4) is 0 Å². The molecule has 2 aromatic rings. The minimum atomic E-state index is -3.13. The molecule has 1 aliphatic rings. The van der Waals surface area contributed by atoms with Gasteiger partial charge in [0.25, 0.3) is 0 Å². The first kappa shape index (κ1) is 15.8. The van der Waals surface area contributed by atoms with E-state index in [0.29, 0.717) is 10.9 Å². The molecular weight excluding hydrogens is 394 g/mol. The van der Waals surface area contributed by atoms with Gasteiger partial charge in [-0.25, -0.2) is 0 Å². The van der Waals surface area contributed by atoms with Crippen molar-refractivity contribution in [1.82, 2.24) is 4.98 Å². The Hall–Kier alpha value is -0.710. The number of alkyl halides is 2. The predicted molar refractivity (Wildman–Crippen MR) is 84.8 cm³/mol. The number of para-hydroxylation sites is 1. The maximum Gasteiger partial charge on any atom is 0.209 e. The number of rotatable bonds is 2. The fraction of sp³-hybridized carbons (Fsp3) is 0.429. The fourth-order valence-electron chi connectivity index (χ4n) is 2.70. The van der Waals surface area contributed by atoms with Crippen molar-refractivity contribution in [3.63, 3.8) is 0 Å². The average Bonchev–Trinajstić information content (AvgIpc) is 2.94. The third-order valence-electron chi connectivity index (χ3n) is 4.04. The van der Waals surface area contributed by atoms with Gasteiger partial charge < -0.3 is 35.3 Å². The van der Waals surface area contributed by atoms with Crippen LogP contribution in [0, 0.1) is 0 Å². The standard InChI is InChI=1S/C14H15BrClNO6/c15-13(21)11(19)23-10(6-18)14(16,22)12(13,20)9-5-7-3-1-2-4-8(7)17-9/h1-5,10-11,17-22H,6H2/t10-,11+,12-,13+,14-/m1/s1/i11D. The van der Waals surface area contributed by atoms with Gasteiger partial charge in [-0.2, -0.15) is 0 Å². The number of aliphatic hydroxyl groups is 5. The Morgan fingerprint density at radius 3 is 2.61 bits per heavy atom. The van der Waals surface area contributed by atoms with Crippen LogP contribution in [0.25, 0.3) is 10.9 Å². The van der Waals surface area contributed by atoms with Gasteiger partial charge in [-0.1, -0.05) is 29.8 Å². The summed E-state index contributed by atoms with van der Waals surface area (Å²) < 4.78 is 9.59. The monoisotopic (exact) mass is 408 g/mol.